The number of rotatable bonds is 7. The van der Waals surface area contributed by atoms with Crippen LogP contribution in [0.2, 0.25) is 5.02 Å². The van der Waals surface area contributed by atoms with Crippen molar-refractivity contribution in [2.24, 2.45) is 0 Å². The highest BCUT2D eigenvalue weighted by atomic mass is 35.5. The van der Waals surface area contributed by atoms with E-state index in [1.807, 2.05) is 23.1 Å². The lowest BCUT2D eigenvalue weighted by molar-refractivity contribution is -0.150. The van der Waals surface area contributed by atoms with Crippen LogP contribution in [-0.4, -0.2) is 53.1 Å². The lowest BCUT2D eigenvalue weighted by atomic mass is 10.0. The summed E-state index contributed by atoms with van der Waals surface area (Å²) in [6.07, 6.45) is 2.24. The molecule has 1 saturated heterocycles. The first-order valence-electron chi connectivity index (χ1n) is 8.97. The molecule has 2 atom stereocenters. The summed E-state index contributed by atoms with van der Waals surface area (Å²) in [6.45, 7) is 1.36. The van der Waals surface area contributed by atoms with Crippen LogP contribution in [0.1, 0.15) is 19.3 Å². The Morgan fingerprint density at radius 2 is 1.93 bits per heavy atom. The van der Waals surface area contributed by atoms with Gasteiger partial charge in [-0.3, -0.25) is 14.5 Å². The fourth-order valence-corrected chi connectivity index (χ4v) is 3.74. The number of halogens is 1. The standard InChI is InChI=1S/C19H23ClN2O5/c1-26-14(16(19(24)25)21-10-6-3-7-11-21)12-22-18(23)15(20)17(27-22)13-8-4-2-5-9-13/h2,4-5,8-9,14,16H,3,6-7,10-12H2,1H3,(H,24,25). The van der Waals surface area contributed by atoms with Crippen LogP contribution >= 0.6 is 11.6 Å². The summed E-state index contributed by atoms with van der Waals surface area (Å²) in [5.74, 6) is -0.709. The predicted molar refractivity (Wildman–Crippen MR) is 101 cm³/mol. The second kappa shape index (κ2) is 8.73. The van der Waals surface area contributed by atoms with Crippen LogP contribution in [-0.2, 0) is 16.1 Å². The summed E-state index contributed by atoms with van der Waals surface area (Å²) in [6, 6.07) is 8.21. The number of methoxy groups -OCH3 is 1. The van der Waals surface area contributed by atoms with Gasteiger partial charge in [-0.15, -0.1) is 0 Å². The van der Waals surface area contributed by atoms with E-state index in [9.17, 15) is 14.7 Å². The van der Waals surface area contributed by atoms with Gasteiger partial charge in [-0.1, -0.05) is 48.4 Å². The average molecular weight is 395 g/mol. The van der Waals surface area contributed by atoms with Gasteiger partial charge >= 0.3 is 11.5 Å². The van der Waals surface area contributed by atoms with E-state index in [4.69, 9.17) is 20.9 Å². The Morgan fingerprint density at radius 3 is 2.52 bits per heavy atom. The van der Waals surface area contributed by atoms with Gasteiger partial charge in [0.25, 0.3) is 0 Å². The Balaban J connectivity index is 1.87. The molecule has 27 heavy (non-hydrogen) atoms. The van der Waals surface area contributed by atoms with Crippen molar-refractivity contribution >= 4 is 17.6 Å². The maximum atomic E-state index is 12.5. The highest BCUT2D eigenvalue weighted by Crippen LogP contribution is 2.26. The Bertz CT molecular complexity index is 826. The second-order valence-corrected chi connectivity index (χ2v) is 7.00. The van der Waals surface area contributed by atoms with E-state index in [0.29, 0.717) is 18.7 Å². The number of likely N-dealkylation sites (tertiary alicyclic amines) is 1. The van der Waals surface area contributed by atoms with Crippen LogP contribution in [0, 0.1) is 0 Å². The van der Waals surface area contributed by atoms with Crippen molar-refractivity contribution in [3.63, 3.8) is 0 Å². The quantitative estimate of drug-likeness (QED) is 0.777. The average Bonchev–Trinajstić information content (AvgIpc) is 2.97. The van der Waals surface area contributed by atoms with Crippen molar-refractivity contribution in [3.05, 3.63) is 45.7 Å². The predicted octanol–water partition coefficient (Wildman–Crippen LogP) is 2.72. The summed E-state index contributed by atoms with van der Waals surface area (Å²) in [7, 11) is 1.44. The van der Waals surface area contributed by atoms with Crippen LogP contribution in [0.25, 0.3) is 11.3 Å². The lowest BCUT2D eigenvalue weighted by Gasteiger charge is -2.35. The van der Waals surface area contributed by atoms with Gasteiger partial charge in [0, 0.05) is 12.7 Å². The van der Waals surface area contributed by atoms with Gasteiger partial charge in [0.05, 0.1) is 6.54 Å². The number of benzene rings is 1. The van der Waals surface area contributed by atoms with Crippen LogP contribution in [0.15, 0.2) is 39.6 Å². The fourth-order valence-electron chi connectivity index (χ4n) is 3.50. The summed E-state index contributed by atoms with van der Waals surface area (Å²) < 4.78 is 12.2. The molecular weight excluding hydrogens is 372 g/mol. The third-order valence-electron chi connectivity index (χ3n) is 4.89. The summed E-state index contributed by atoms with van der Waals surface area (Å²) >= 11 is 6.17. The van der Waals surface area contributed by atoms with Crippen molar-refractivity contribution in [1.82, 2.24) is 9.64 Å². The minimum absolute atomic E-state index is 0.0269. The molecule has 2 aromatic rings. The molecule has 2 unspecified atom stereocenters. The maximum absolute atomic E-state index is 12.5. The molecule has 1 fully saturated rings. The molecule has 0 spiro atoms. The van der Waals surface area contributed by atoms with Crippen LogP contribution in [0.5, 0.6) is 0 Å². The molecular formula is C19H23ClN2O5. The fraction of sp³-hybridized carbons (Fsp3) is 0.474. The van der Waals surface area contributed by atoms with Gasteiger partial charge in [-0.05, 0) is 25.9 Å². The zero-order valence-corrected chi connectivity index (χ0v) is 15.9. The molecule has 1 aromatic heterocycles. The lowest BCUT2D eigenvalue weighted by Crippen LogP contribution is -2.53. The van der Waals surface area contributed by atoms with Crippen molar-refractivity contribution in [2.45, 2.75) is 38.0 Å². The van der Waals surface area contributed by atoms with Gasteiger partial charge in [0.1, 0.15) is 12.1 Å². The first-order valence-corrected chi connectivity index (χ1v) is 9.35. The molecule has 0 bridgehead atoms. The molecule has 1 N–H and O–H groups in total. The second-order valence-electron chi connectivity index (χ2n) is 6.62. The minimum Gasteiger partial charge on any atom is -0.480 e. The molecule has 8 heteroatoms. The van der Waals surface area contributed by atoms with E-state index in [1.165, 1.54) is 7.11 Å². The number of hydrogen-bond acceptors (Lipinski definition) is 5. The smallest absolute Gasteiger partial charge is 0.323 e. The van der Waals surface area contributed by atoms with Crippen LogP contribution in [0.4, 0.5) is 0 Å². The van der Waals surface area contributed by atoms with E-state index >= 15 is 0 Å². The number of aromatic nitrogens is 1. The number of carboxylic acid groups (broad SMARTS) is 1. The normalized spacial score (nSPS) is 17.6. The topological polar surface area (TPSA) is 84.9 Å². The monoisotopic (exact) mass is 394 g/mol. The number of carboxylic acids is 1. The van der Waals surface area contributed by atoms with E-state index < -0.39 is 23.7 Å². The molecule has 7 nitrogen and oxygen atoms in total. The van der Waals surface area contributed by atoms with Crippen molar-refractivity contribution < 1.29 is 19.2 Å². The Morgan fingerprint density at radius 1 is 1.26 bits per heavy atom. The highest BCUT2D eigenvalue weighted by molar-refractivity contribution is 6.32. The van der Waals surface area contributed by atoms with Gasteiger partial charge in [0.2, 0.25) is 0 Å². The summed E-state index contributed by atoms with van der Waals surface area (Å²) in [5.41, 5.74) is 0.179. The van der Waals surface area contributed by atoms with Crippen molar-refractivity contribution in [3.8, 4) is 11.3 Å². The van der Waals surface area contributed by atoms with Gasteiger partial charge < -0.3 is 14.4 Å². The Kier molecular flexibility index (Phi) is 6.36. The van der Waals surface area contributed by atoms with Gasteiger partial charge in [0.15, 0.2) is 10.8 Å². The third-order valence-corrected chi connectivity index (χ3v) is 5.22. The zero-order valence-electron chi connectivity index (χ0n) is 15.1. The molecule has 0 saturated carbocycles. The number of piperidine rings is 1. The molecule has 1 aliphatic heterocycles. The van der Waals surface area contributed by atoms with Crippen molar-refractivity contribution in [2.75, 3.05) is 20.2 Å². The van der Waals surface area contributed by atoms with E-state index in [-0.39, 0.29) is 17.3 Å². The highest BCUT2D eigenvalue weighted by Gasteiger charge is 2.36. The maximum Gasteiger partial charge on any atom is 0.323 e. The molecule has 3 rings (SSSR count). The Hall–Kier alpha value is -2.09. The van der Waals surface area contributed by atoms with Crippen LogP contribution < -0.4 is 5.56 Å². The SMILES string of the molecule is COC(Cn1oc(-c2ccccc2)c(Cl)c1=O)C(C(=O)O)N1CCCCC1. The molecule has 0 amide bonds. The largest absolute Gasteiger partial charge is 0.480 e. The number of ether oxygens (including phenoxy) is 1. The first-order chi connectivity index (χ1) is 13.0. The molecule has 146 valence electrons. The van der Waals surface area contributed by atoms with Gasteiger partial charge in [-0.2, -0.15) is 4.74 Å². The third kappa shape index (κ3) is 4.26. The van der Waals surface area contributed by atoms with Gasteiger partial charge in [-0.25, -0.2) is 0 Å². The molecule has 1 aliphatic rings. The zero-order chi connectivity index (χ0) is 19.4. The number of nitrogens with zero attached hydrogens (tertiary/aromatic N) is 2. The van der Waals surface area contributed by atoms with Crippen LogP contribution in [0.3, 0.4) is 0 Å². The number of hydrogen-bond donors (Lipinski definition) is 1. The minimum atomic E-state index is -0.974. The molecule has 2 heterocycles. The van der Waals surface area contributed by atoms with E-state index in [0.717, 1.165) is 24.0 Å². The van der Waals surface area contributed by atoms with Crippen molar-refractivity contribution in [1.29, 1.82) is 0 Å². The summed E-state index contributed by atoms with van der Waals surface area (Å²) in [4.78, 5) is 26.3. The number of carbonyl (C=O) groups is 1. The van der Waals surface area contributed by atoms with E-state index in [1.54, 1.807) is 12.1 Å². The molecule has 1 aromatic carbocycles. The molecule has 0 aliphatic carbocycles. The van der Waals surface area contributed by atoms with E-state index in [2.05, 4.69) is 0 Å². The first kappa shape index (κ1) is 19.7. The Labute approximate surface area is 162 Å². The molecule has 0 radical (unpaired) electrons. The number of aliphatic carboxylic acids is 1. The summed E-state index contributed by atoms with van der Waals surface area (Å²) in [5, 5.41) is 9.72.